The van der Waals surface area contributed by atoms with E-state index in [9.17, 15) is 19.7 Å². The average Bonchev–Trinajstić information content (AvgIpc) is 3.55. The number of aromatic amines is 1. The van der Waals surface area contributed by atoms with Gasteiger partial charge in [0.15, 0.2) is 0 Å². The number of para-hydroxylation sites is 2. The number of hydrogen-bond donors (Lipinski definition) is 2. The van der Waals surface area contributed by atoms with Gasteiger partial charge in [0.2, 0.25) is 17.8 Å². The molecule has 10 nitrogen and oxygen atoms in total. The van der Waals surface area contributed by atoms with Crippen molar-refractivity contribution in [3.8, 4) is 0 Å². The monoisotopic (exact) mass is 554 g/mol. The molecule has 1 aliphatic heterocycles. The second kappa shape index (κ2) is 8.68. The summed E-state index contributed by atoms with van der Waals surface area (Å²) in [5.41, 5.74) is 7.64. The molecule has 2 amide bonds. The highest BCUT2D eigenvalue weighted by molar-refractivity contribution is 6.25. The molecule has 9 rings (SSSR count). The molecule has 2 bridgehead atoms. The van der Waals surface area contributed by atoms with Crippen molar-refractivity contribution in [2.24, 2.45) is 16.9 Å². The van der Waals surface area contributed by atoms with Gasteiger partial charge in [-0.1, -0.05) is 60.7 Å². The fourth-order valence-electron chi connectivity index (χ4n) is 7.23. The minimum atomic E-state index is -1.05. The SMILES string of the molecule is O=C1[C@H]2C3c4ccccc4C(/C=N\Nc4nc5ccccc5[nH]4)(c4ccccc43)[C@H]2C(=O)N1c1ccc([N+](=O)[O-])cc1. The first-order chi connectivity index (χ1) is 20.5. The van der Waals surface area contributed by atoms with Crippen molar-refractivity contribution in [2.75, 3.05) is 10.3 Å². The zero-order chi connectivity index (χ0) is 28.6. The molecule has 0 spiro atoms. The Hall–Kier alpha value is -5.64. The molecule has 4 aromatic carbocycles. The van der Waals surface area contributed by atoms with Crippen molar-refractivity contribution in [1.29, 1.82) is 0 Å². The van der Waals surface area contributed by atoms with Crippen LogP contribution in [0.25, 0.3) is 11.0 Å². The van der Waals surface area contributed by atoms with Gasteiger partial charge in [-0.05, 0) is 46.5 Å². The van der Waals surface area contributed by atoms with Gasteiger partial charge in [-0.25, -0.2) is 15.3 Å². The summed E-state index contributed by atoms with van der Waals surface area (Å²) in [5.74, 6) is -1.99. The lowest BCUT2D eigenvalue weighted by molar-refractivity contribution is -0.384. The molecule has 10 heteroatoms. The molecule has 0 unspecified atom stereocenters. The summed E-state index contributed by atoms with van der Waals surface area (Å²) in [5, 5.41) is 15.9. The van der Waals surface area contributed by atoms with Gasteiger partial charge in [0, 0.05) is 24.3 Å². The molecule has 204 valence electrons. The molecular formula is C32H22N6O4. The van der Waals surface area contributed by atoms with E-state index in [0.29, 0.717) is 11.6 Å². The number of nitro groups is 1. The third kappa shape index (κ3) is 3.14. The van der Waals surface area contributed by atoms with Crippen LogP contribution >= 0.6 is 0 Å². The molecule has 1 aromatic heterocycles. The van der Waals surface area contributed by atoms with Crippen molar-refractivity contribution >= 4 is 46.4 Å². The molecule has 2 atom stereocenters. The van der Waals surface area contributed by atoms with Crippen LogP contribution in [0.4, 0.5) is 17.3 Å². The lowest BCUT2D eigenvalue weighted by Crippen LogP contribution is -2.54. The maximum absolute atomic E-state index is 14.4. The predicted octanol–water partition coefficient (Wildman–Crippen LogP) is 5.12. The van der Waals surface area contributed by atoms with Crippen molar-refractivity contribution in [2.45, 2.75) is 11.3 Å². The summed E-state index contributed by atoms with van der Waals surface area (Å²) < 4.78 is 0. The Kier molecular flexibility index (Phi) is 5.00. The predicted molar refractivity (Wildman–Crippen MR) is 156 cm³/mol. The van der Waals surface area contributed by atoms with Crippen LogP contribution in [0.5, 0.6) is 0 Å². The fraction of sp³-hybridized carbons (Fsp3) is 0.125. The summed E-state index contributed by atoms with van der Waals surface area (Å²) in [7, 11) is 0. The molecule has 5 aromatic rings. The van der Waals surface area contributed by atoms with Crippen LogP contribution in [0.1, 0.15) is 28.2 Å². The Morgan fingerprint density at radius 2 is 1.52 bits per heavy atom. The maximum Gasteiger partial charge on any atom is 0.269 e. The van der Waals surface area contributed by atoms with Crippen LogP contribution in [0.3, 0.4) is 0 Å². The van der Waals surface area contributed by atoms with Gasteiger partial charge < -0.3 is 4.98 Å². The van der Waals surface area contributed by atoms with Crippen molar-refractivity contribution in [3.05, 3.63) is 129 Å². The van der Waals surface area contributed by atoms with Gasteiger partial charge in [-0.15, -0.1) is 0 Å². The lowest BCUT2D eigenvalue weighted by Gasteiger charge is -2.52. The number of nitrogens with zero attached hydrogens (tertiary/aromatic N) is 4. The van der Waals surface area contributed by atoms with Gasteiger partial charge in [0.1, 0.15) is 0 Å². The third-order valence-electron chi connectivity index (χ3n) is 8.83. The van der Waals surface area contributed by atoms with Gasteiger partial charge in [0.05, 0.1) is 38.9 Å². The Labute approximate surface area is 238 Å². The average molecular weight is 555 g/mol. The number of hydrazone groups is 1. The largest absolute Gasteiger partial charge is 0.323 e. The molecular weight excluding hydrogens is 532 g/mol. The van der Waals surface area contributed by atoms with E-state index in [1.54, 1.807) is 6.21 Å². The minimum Gasteiger partial charge on any atom is -0.323 e. The van der Waals surface area contributed by atoms with E-state index in [4.69, 9.17) is 0 Å². The molecule has 0 radical (unpaired) electrons. The first-order valence-electron chi connectivity index (χ1n) is 13.5. The highest BCUT2D eigenvalue weighted by Gasteiger charge is 2.68. The number of carbonyl (C=O) groups is 2. The summed E-state index contributed by atoms with van der Waals surface area (Å²) in [6, 6.07) is 29.0. The summed E-state index contributed by atoms with van der Waals surface area (Å²) >= 11 is 0. The number of carbonyl (C=O) groups excluding carboxylic acids is 2. The number of imidazole rings is 1. The summed E-state index contributed by atoms with van der Waals surface area (Å²) in [4.78, 5) is 48.3. The van der Waals surface area contributed by atoms with Crippen molar-refractivity contribution in [3.63, 3.8) is 0 Å². The topological polar surface area (TPSA) is 134 Å². The van der Waals surface area contributed by atoms with Gasteiger partial charge >= 0.3 is 0 Å². The normalized spacial score (nSPS) is 23.7. The minimum absolute atomic E-state index is 0.115. The molecule has 2 N–H and O–H groups in total. The number of rotatable bonds is 5. The number of non-ortho nitro benzene ring substituents is 1. The van der Waals surface area contributed by atoms with E-state index in [0.717, 1.165) is 33.3 Å². The van der Waals surface area contributed by atoms with Crippen LogP contribution in [-0.2, 0) is 15.0 Å². The standard InChI is InChI=1S/C32H22N6O4/c39-29-27-26-20-7-1-3-9-22(20)32(23-10-4-2-8-21(23)26,17-33-36-31-34-24-11-5-6-12-25(24)35-31)28(27)30(40)37(29)18-13-15-19(16-14-18)38(41)42/h1-17,26-28H,(H2,34,35,36)/b33-17-/t26?,27-,28+,32?/m0/s1. The number of aromatic nitrogens is 2. The smallest absolute Gasteiger partial charge is 0.269 e. The fourth-order valence-corrected chi connectivity index (χ4v) is 7.23. The number of hydrogen-bond acceptors (Lipinski definition) is 7. The zero-order valence-corrected chi connectivity index (χ0v) is 22.0. The lowest BCUT2D eigenvalue weighted by atomic mass is 9.47. The Balaban J connectivity index is 1.29. The first-order valence-corrected chi connectivity index (χ1v) is 13.5. The number of imide groups is 1. The molecule has 0 saturated carbocycles. The van der Waals surface area contributed by atoms with Crippen molar-refractivity contribution in [1.82, 2.24) is 9.97 Å². The number of nitrogens with one attached hydrogen (secondary N) is 2. The number of H-pyrrole nitrogens is 1. The Morgan fingerprint density at radius 1 is 0.881 bits per heavy atom. The van der Waals surface area contributed by atoms with E-state index in [1.807, 2.05) is 72.8 Å². The second-order valence-corrected chi connectivity index (χ2v) is 10.8. The number of benzene rings is 4. The van der Waals surface area contributed by atoms with Crippen LogP contribution in [0.2, 0.25) is 0 Å². The van der Waals surface area contributed by atoms with Gasteiger partial charge in [0.25, 0.3) is 5.69 Å². The molecule has 3 aliphatic carbocycles. The highest BCUT2D eigenvalue weighted by atomic mass is 16.6. The van der Waals surface area contributed by atoms with Crippen molar-refractivity contribution < 1.29 is 14.5 Å². The highest BCUT2D eigenvalue weighted by Crippen LogP contribution is 2.63. The van der Waals surface area contributed by atoms with E-state index in [-0.39, 0.29) is 23.4 Å². The molecule has 1 fully saturated rings. The zero-order valence-electron chi connectivity index (χ0n) is 22.0. The van der Waals surface area contributed by atoms with Gasteiger partial charge in [-0.3, -0.25) is 19.7 Å². The summed E-state index contributed by atoms with van der Waals surface area (Å²) in [6.07, 6.45) is 1.75. The van der Waals surface area contributed by atoms with Crippen LogP contribution < -0.4 is 10.3 Å². The van der Waals surface area contributed by atoms with Crippen LogP contribution in [0.15, 0.2) is 102 Å². The molecule has 42 heavy (non-hydrogen) atoms. The first kappa shape index (κ1) is 24.2. The van der Waals surface area contributed by atoms with E-state index >= 15 is 0 Å². The number of amides is 2. The number of fused-ring (bicyclic) bond motifs is 1. The van der Waals surface area contributed by atoms with E-state index in [2.05, 4.69) is 20.5 Å². The number of nitro benzene ring substituents is 1. The Morgan fingerprint density at radius 3 is 2.19 bits per heavy atom. The molecule has 2 heterocycles. The van der Waals surface area contributed by atoms with Crippen LogP contribution in [-0.4, -0.2) is 32.9 Å². The molecule has 1 saturated heterocycles. The van der Waals surface area contributed by atoms with E-state index in [1.165, 1.54) is 29.2 Å². The quantitative estimate of drug-likeness (QED) is 0.134. The Bertz CT molecular complexity index is 1900. The second-order valence-electron chi connectivity index (χ2n) is 10.8. The summed E-state index contributed by atoms with van der Waals surface area (Å²) in [6.45, 7) is 0. The number of anilines is 2. The maximum atomic E-state index is 14.4. The molecule has 4 aliphatic rings. The van der Waals surface area contributed by atoms with E-state index < -0.39 is 22.2 Å². The van der Waals surface area contributed by atoms with Crippen LogP contribution in [0, 0.1) is 22.0 Å². The van der Waals surface area contributed by atoms with Gasteiger partial charge in [-0.2, -0.15) is 5.10 Å². The third-order valence-corrected chi connectivity index (χ3v) is 8.83.